The van der Waals surface area contributed by atoms with Gasteiger partial charge in [-0.15, -0.1) is 10.2 Å². The Labute approximate surface area is 121 Å². The highest BCUT2D eigenvalue weighted by atomic mass is 32.1. The fourth-order valence-corrected chi connectivity index (χ4v) is 4.50. The SMILES string of the molecule is NCC1(c2nn3c(C4CCOC4)nnc3s2)CCCC1. The molecule has 108 valence electrons. The maximum Gasteiger partial charge on any atom is 0.234 e. The molecule has 0 bridgehead atoms. The van der Waals surface area contributed by atoms with Crippen LogP contribution in [0.1, 0.15) is 48.9 Å². The third-order valence-corrected chi connectivity index (χ3v) is 5.86. The van der Waals surface area contributed by atoms with Gasteiger partial charge in [0, 0.05) is 24.5 Å². The first kappa shape index (κ1) is 12.7. The lowest BCUT2D eigenvalue weighted by molar-refractivity contribution is 0.193. The van der Waals surface area contributed by atoms with E-state index in [1.54, 1.807) is 11.3 Å². The minimum Gasteiger partial charge on any atom is -0.381 e. The molecule has 2 aliphatic rings. The minimum absolute atomic E-state index is 0.0782. The predicted molar refractivity (Wildman–Crippen MR) is 76.0 cm³/mol. The highest BCUT2D eigenvalue weighted by Crippen LogP contribution is 2.42. The van der Waals surface area contributed by atoms with Gasteiger partial charge in [0.05, 0.1) is 6.61 Å². The van der Waals surface area contributed by atoms with Gasteiger partial charge < -0.3 is 10.5 Å². The molecule has 0 aromatic carbocycles. The Hall–Kier alpha value is -1.05. The molecule has 1 aliphatic heterocycles. The molecule has 1 atom stereocenters. The van der Waals surface area contributed by atoms with Gasteiger partial charge >= 0.3 is 0 Å². The van der Waals surface area contributed by atoms with Crippen LogP contribution in [0.25, 0.3) is 4.96 Å². The topological polar surface area (TPSA) is 78.3 Å². The monoisotopic (exact) mass is 293 g/mol. The van der Waals surface area contributed by atoms with Gasteiger partial charge in [-0.3, -0.25) is 0 Å². The van der Waals surface area contributed by atoms with E-state index in [1.807, 2.05) is 4.52 Å². The number of aromatic nitrogens is 4. The fraction of sp³-hybridized carbons (Fsp3) is 0.769. The van der Waals surface area contributed by atoms with Gasteiger partial charge in [0.15, 0.2) is 5.82 Å². The number of rotatable bonds is 3. The van der Waals surface area contributed by atoms with Crippen LogP contribution in [0.2, 0.25) is 0 Å². The van der Waals surface area contributed by atoms with Crippen molar-refractivity contribution in [3.8, 4) is 0 Å². The molecule has 2 aromatic heterocycles. The highest BCUT2D eigenvalue weighted by molar-refractivity contribution is 7.16. The molecule has 7 heteroatoms. The van der Waals surface area contributed by atoms with E-state index in [4.69, 9.17) is 15.6 Å². The Morgan fingerprint density at radius 3 is 2.90 bits per heavy atom. The largest absolute Gasteiger partial charge is 0.381 e. The van der Waals surface area contributed by atoms with Crippen molar-refractivity contribution < 1.29 is 4.74 Å². The maximum atomic E-state index is 6.05. The van der Waals surface area contributed by atoms with Gasteiger partial charge in [-0.25, -0.2) is 0 Å². The van der Waals surface area contributed by atoms with Gasteiger partial charge in [-0.1, -0.05) is 24.2 Å². The Balaban J connectivity index is 1.75. The summed E-state index contributed by atoms with van der Waals surface area (Å²) in [5.74, 6) is 1.28. The number of hydrogen-bond acceptors (Lipinski definition) is 6. The van der Waals surface area contributed by atoms with Crippen LogP contribution in [0.15, 0.2) is 0 Å². The zero-order chi connectivity index (χ0) is 13.6. The van der Waals surface area contributed by atoms with E-state index in [9.17, 15) is 0 Å². The molecular formula is C13H19N5OS. The summed E-state index contributed by atoms with van der Waals surface area (Å²) in [5, 5.41) is 14.6. The van der Waals surface area contributed by atoms with Gasteiger partial charge in [0.1, 0.15) is 5.01 Å². The number of ether oxygens (including phenoxy) is 1. The van der Waals surface area contributed by atoms with Crippen molar-refractivity contribution in [3.63, 3.8) is 0 Å². The second-order valence-electron chi connectivity index (χ2n) is 5.91. The fourth-order valence-electron chi connectivity index (χ4n) is 3.40. The smallest absolute Gasteiger partial charge is 0.234 e. The van der Waals surface area contributed by atoms with E-state index in [0.717, 1.165) is 48.3 Å². The summed E-state index contributed by atoms with van der Waals surface area (Å²) in [6, 6.07) is 0. The zero-order valence-electron chi connectivity index (χ0n) is 11.4. The second kappa shape index (κ2) is 4.75. The number of nitrogens with two attached hydrogens (primary N) is 1. The zero-order valence-corrected chi connectivity index (χ0v) is 12.2. The third kappa shape index (κ3) is 1.80. The van der Waals surface area contributed by atoms with E-state index in [-0.39, 0.29) is 5.41 Å². The second-order valence-corrected chi connectivity index (χ2v) is 6.87. The molecular weight excluding hydrogens is 274 g/mol. The Morgan fingerprint density at radius 2 is 2.20 bits per heavy atom. The van der Waals surface area contributed by atoms with Crippen LogP contribution in [0.3, 0.4) is 0 Å². The summed E-state index contributed by atoms with van der Waals surface area (Å²) in [4.78, 5) is 0.890. The summed E-state index contributed by atoms with van der Waals surface area (Å²) < 4.78 is 7.38. The van der Waals surface area contributed by atoms with Gasteiger partial charge in [0.25, 0.3) is 0 Å². The molecule has 0 spiro atoms. The first-order valence-corrected chi connectivity index (χ1v) is 8.14. The minimum atomic E-state index is 0.0782. The molecule has 6 nitrogen and oxygen atoms in total. The molecule has 1 aliphatic carbocycles. The quantitative estimate of drug-likeness (QED) is 0.927. The average molecular weight is 293 g/mol. The molecule has 20 heavy (non-hydrogen) atoms. The van der Waals surface area contributed by atoms with Crippen LogP contribution < -0.4 is 5.73 Å². The van der Waals surface area contributed by atoms with Crippen molar-refractivity contribution >= 4 is 16.3 Å². The third-order valence-electron chi connectivity index (χ3n) is 4.71. The number of fused-ring (bicyclic) bond motifs is 1. The van der Waals surface area contributed by atoms with Gasteiger partial charge in [0.2, 0.25) is 4.96 Å². The summed E-state index contributed by atoms with van der Waals surface area (Å²) in [7, 11) is 0. The number of hydrogen-bond donors (Lipinski definition) is 1. The summed E-state index contributed by atoms with van der Waals surface area (Å²) in [5.41, 5.74) is 6.13. The molecule has 2 aromatic rings. The molecule has 1 saturated carbocycles. The Morgan fingerprint density at radius 1 is 1.35 bits per heavy atom. The van der Waals surface area contributed by atoms with E-state index in [2.05, 4.69) is 10.2 Å². The first-order valence-electron chi connectivity index (χ1n) is 7.33. The van der Waals surface area contributed by atoms with Crippen LogP contribution in [0.4, 0.5) is 0 Å². The van der Waals surface area contributed by atoms with Crippen LogP contribution in [0, 0.1) is 0 Å². The van der Waals surface area contributed by atoms with E-state index in [0.29, 0.717) is 12.5 Å². The van der Waals surface area contributed by atoms with Crippen LogP contribution >= 0.6 is 11.3 Å². The van der Waals surface area contributed by atoms with Crippen molar-refractivity contribution in [2.45, 2.75) is 43.4 Å². The van der Waals surface area contributed by atoms with Gasteiger partial charge in [-0.2, -0.15) is 9.61 Å². The standard InChI is InChI=1S/C13H19N5OS/c14-8-13(4-1-2-5-13)11-17-18-10(9-3-6-19-7-9)15-16-12(18)20-11/h9H,1-8,14H2. The molecule has 1 unspecified atom stereocenters. The van der Waals surface area contributed by atoms with Crippen molar-refractivity contribution in [3.05, 3.63) is 10.8 Å². The lowest BCUT2D eigenvalue weighted by Gasteiger charge is -2.23. The molecule has 0 amide bonds. The summed E-state index contributed by atoms with van der Waals surface area (Å²) >= 11 is 1.66. The van der Waals surface area contributed by atoms with E-state index >= 15 is 0 Å². The van der Waals surface area contributed by atoms with Gasteiger partial charge in [-0.05, 0) is 19.3 Å². The normalized spacial score (nSPS) is 25.8. The van der Waals surface area contributed by atoms with Crippen LogP contribution in [-0.2, 0) is 10.2 Å². The molecule has 1 saturated heterocycles. The summed E-state index contributed by atoms with van der Waals surface area (Å²) in [6.07, 6.45) is 5.81. The predicted octanol–water partition coefficient (Wildman–Crippen LogP) is 1.46. The van der Waals surface area contributed by atoms with Crippen LogP contribution in [0.5, 0.6) is 0 Å². The lowest BCUT2D eigenvalue weighted by Crippen LogP contribution is -2.32. The van der Waals surface area contributed by atoms with Crippen molar-refractivity contribution in [2.75, 3.05) is 19.8 Å². The highest BCUT2D eigenvalue weighted by Gasteiger charge is 2.38. The van der Waals surface area contributed by atoms with Crippen molar-refractivity contribution in [1.29, 1.82) is 0 Å². The van der Waals surface area contributed by atoms with Crippen molar-refractivity contribution in [2.24, 2.45) is 5.73 Å². The number of nitrogens with zero attached hydrogens (tertiary/aromatic N) is 4. The molecule has 3 heterocycles. The lowest BCUT2D eigenvalue weighted by atomic mass is 9.87. The van der Waals surface area contributed by atoms with Crippen LogP contribution in [-0.4, -0.2) is 39.6 Å². The molecule has 2 fully saturated rings. The molecule has 0 radical (unpaired) electrons. The molecule has 2 N–H and O–H groups in total. The van der Waals surface area contributed by atoms with E-state index in [1.165, 1.54) is 12.8 Å². The first-order chi connectivity index (χ1) is 9.82. The Kier molecular flexibility index (Phi) is 3.01. The summed E-state index contributed by atoms with van der Waals surface area (Å²) in [6.45, 7) is 2.22. The Bertz CT molecular complexity index is 609. The molecule has 4 rings (SSSR count). The maximum absolute atomic E-state index is 6.05. The van der Waals surface area contributed by atoms with E-state index < -0.39 is 0 Å². The average Bonchev–Trinajstić information content (AvgIpc) is 3.21. The van der Waals surface area contributed by atoms with Crippen molar-refractivity contribution in [1.82, 2.24) is 19.8 Å².